The summed E-state index contributed by atoms with van der Waals surface area (Å²) in [5, 5.41) is 0. The Labute approximate surface area is 97.4 Å². The zero-order chi connectivity index (χ0) is 10.0. The van der Waals surface area contributed by atoms with E-state index >= 15 is 0 Å². The maximum absolute atomic E-state index is 5.22. The van der Waals surface area contributed by atoms with Gasteiger partial charge in [-0.1, -0.05) is 22.9 Å². The summed E-state index contributed by atoms with van der Waals surface area (Å²) in [7, 11) is 0. The number of ether oxygens (including phenoxy) is 1. The highest BCUT2D eigenvalue weighted by Crippen LogP contribution is 2.34. The highest BCUT2D eigenvalue weighted by Gasteiger charge is 2.33. The third kappa shape index (κ3) is 2.53. The molecule has 0 spiro atoms. The summed E-state index contributed by atoms with van der Waals surface area (Å²) in [5.41, 5.74) is 0.401. The molecule has 76 valence electrons. The lowest BCUT2D eigenvalue weighted by molar-refractivity contribution is -0.0861. The first-order valence-electron chi connectivity index (χ1n) is 4.64. The molecule has 1 aromatic carbocycles. The molecule has 0 atom stereocenters. The van der Waals surface area contributed by atoms with Crippen molar-refractivity contribution in [2.75, 3.05) is 19.0 Å². The molecule has 1 fully saturated rings. The molecule has 0 saturated carbocycles. The SMILES string of the molecule is CC1(CSc2ccc(Br)cc2)COC1. The number of halogens is 1. The molecule has 0 unspecified atom stereocenters. The quantitative estimate of drug-likeness (QED) is 0.778. The normalized spacial score (nSPS) is 19.0. The molecule has 0 amide bonds. The van der Waals surface area contributed by atoms with Gasteiger partial charge < -0.3 is 4.74 Å². The van der Waals surface area contributed by atoms with Crippen molar-refractivity contribution in [1.29, 1.82) is 0 Å². The van der Waals surface area contributed by atoms with Crippen molar-refractivity contribution in [3.63, 3.8) is 0 Å². The van der Waals surface area contributed by atoms with E-state index in [0.29, 0.717) is 5.41 Å². The van der Waals surface area contributed by atoms with Gasteiger partial charge in [-0.05, 0) is 24.3 Å². The van der Waals surface area contributed by atoms with Gasteiger partial charge in [0.2, 0.25) is 0 Å². The molecule has 0 radical (unpaired) electrons. The van der Waals surface area contributed by atoms with Crippen molar-refractivity contribution < 1.29 is 4.74 Å². The molecule has 1 saturated heterocycles. The van der Waals surface area contributed by atoms with E-state index in [2.05, 4.69) is 47.1 Å². The topological polar surface area (TPSA) is 9.23 Å². The van der Waals surface area contributed by atoms with Crippen LogP contribution in [0.1, 0.15) is 6.92 Å². The van der Waals surface area contributed by atoms with Crippen molar-refractivity contribution >= 4 is 27.7 Å². The minimum absolute atomic E-state index is 0.401. The zero-order valence-corrected chi connectivity index (χ0v) is 10.5. The van der Waals surface area contributed by atoms with Gasteiger partial charge in [0.15, 0.2) is 0 Å². The second kappa shape index (κ2) is 4.25. The molecule has 14 heavy (non-hydrogen) atoms. The molecule has 1 nitrogen and oxygen atoms in total. The first-order chi connectivity index (χ1) is 6.68. The highest BCUT2D eigenvalue weighted by atomic mass is 79.9. The average molecular weight is 273 g/mol. The van der Waals surface area contributed by atoms with E-state index in [1.165, 1.54) is 4.90 Å². The van der Waals surface area contributed by atoms with Crippen LogP contribution >= 0.6 is 27.7 Å². The third-order valence-electron chi connectivity index (χ3n) is 2.30. The number of thioether (sulfide) groups is 1. The van der Waals surface area contributed by atoms with Crippen LogP contribution in [0.4, 0.5) is 0 Å². The Morgan fingerprint density at radius 1 is 1.36 bits per heavy atom. The summed E-state index contributed by atoms with van der Waals surface area (Å²) in [6.45, 7) is 4.11. The maximum Gasteiger partial charge on any atom is 0.0550 e. The van der Waals surface area contributed by atoms with Gasteiger partial charge in [0.05, 0.1) is 13.2 Å². The summed E-state index contributed by atoms with van der Waals surface area (Å²) >= 11 is 5.34. The van der Waals surface area contributed by atoms with Crippen LogP contribution < -0.4 is 0 Å². The smallest absolute Gasteiger partial charge is 0.0550 e. The fourth-order valence-corrected chi connectivity index (χ4v) is 2.60. The Kier molecular flexibility index (Phi) is 3.20. The van der Waals surface area contributed by atoms with Crippen LogP contribution in [0.3, 0.4) is 0 Å². The summed E-state index contributed by atoms with van der Waals surface area (Å²) in [6.07, 6.45) is 0. The molecule has 0 aliphatic carbocycles. The van der Waals surface area contributed by atoms with Crippen molar-refractivity contribution in [2.45, 2.75) is 11.8 Å². The summed E-state index contributed by atoms with van der Waals surface area (Å²) in [4.78, 5) is 1.33. The van der Waals surface area contributed by atoms with Gasteiger partial charge in [0.1, 0.15) is 0 Å². The second-order valence-electron chi connectivity index (χ2n) is 4.05. The standard InChI is InChI=1S/C11H13BrOS/c1-11(6-13-7-11)8-14-10-4-2-9(12)3-5-10/h2-5H,6-8H2,1H3. The average Bonchev–Trinajstić information content (AvgIpc) is 2.14. The fraction of sp³-hybridized carbons (Fsp3) is 0.455. The fourth-order valence-electron chi connectivity index (χ4n) is 1.32. The molecule has 0 aromatic heterocycles. The molecular weight excluding hydrogens is 260 g/mol. The Hall–Kier alpha value is 0.01000. The van der Waals surface area contributed by atoms with Gasteiger partial charge in [0.25, 0.3) is 0 Å². The number of rotatable bonds is 3. The minimum Gasteiger partial charge on any atom is -0.380 e. The minimum atomic E-state index is 0.401. The van der Waals surface area contributed by atoms with Crippen molar-refractivity contribution in [1.82, 2.24) is 0 Å². The molecule has 2 rings (SSSR count). The molecule has 0 bridgehead atoms. The molecule has 1 aromatic rings. The monoisotopic (exact) mass is 272 g/mol. The molecule has 1 heterocycles. The van der Waals surface area contributed by atoms with Crippen molar-refractivity contribution in [2.24, 2.45) is 5.41 Å². The van der Waals surface area contributed by atoms with Gasteiger partial charge in [-0.2, -0.15) is 0 Å². The summed E-state index contributed by atoms with van der Waals surface area (Å²) < 4.78 is 6.36. The Morgan fingerprint density at radius 2 is 2.00 bits per heavy atom. The van der Waals surface area contributed by atoms with E-state index in [1.54, 1.807) is 0 Å². The molecule has 1 aliphatic rings. The van der Waals surface area contributed by atoms with Gasteiger partial charge in [-0.25, -0.2) is 0 Å². The van der Waals surface area contributed by atoms with Crippen LogP contribution in [0.25, 0.3) is 0 Å². The van der Waals surface area contributed by atoms with Crippen LogP contribution in [-0.4, -0.2) is 19.0 Å². The maximum atomic E-state index is 5.22. The third-order valence-corrected chi connectivity index (χ3v) is 4.28. The predicted octanol–water partition coefficient (Wildman–Crippen LogP) is 3.58. The van der Waals surface area contributed by atoms with E-state index in [0.717, 1.165) is 23.4 Å². The first kappa shape index (κ1) is 10.5. The van der Waals surface area contributed by atoms with Gasteiger partial charge in [-0.15, -0.1) is 11.8 Å². The number of benzene rings is 1. The Morgan fingerprint density at radius 3 is 2.50 bits per heavy atom. The van der Waals surface area contributed by atoms with Gasteiger partial charge in [-0.3, -0.25) is 0 Å². The highest BCUT2D eigenvalue weighted by molar-refractivity contribution is 9.10. The zero-order valence-electron chi connectivity index (χ0n) is 8.13. The summed E-state index contributed by atoms with van der Waals surface area (Å²) in [5.74, 6) is 1.15. The summed E-state index contributed by atoms with van der Waals surface area (Å²) in [6, 6.07) is 8.47. The van der Waals surface area contributed by atoms with Crippen LogP contribution in [0.2, 0.25) is 0 Å². The first-order valence-corrected chi connectivity index (χ1v) is 6.42. The molecule has 3 heteroatoms. The Balaban J connectivity index is 1.88. The predicted molar refractivity (Wildman–Crippen MR) is 63.8 cm³/mol. The van der Waals surface area contributed by atoms with Crippen molar-refractivity contribution in [3.05, 3.63) is 28.7 Å². The molecule has 0 N–H and O–H groups in total. The van der Waals surface area contributed by atoms with Gasteiger partial charge >= 0.3 is 0 Å². The van der Waals surface area contributed by atoms with Crippen LogP contribution in [-0.2, 0) is 4.74 Å². The lowest BCUT2D eigenvalue weighted by atomic mass is 9.92. The van der Waals surface area contributed by atoms with E-state index in [1.807, 2.05) is 11.8 Å². The lowest BCUT2D eigenvalue weighted by Crippen LogP contribution is -2.41. The Bertz CT molecular complexity index is 306. The van der Waals surface area contributed by atoms with E-state index in [9.17, 15) is 0 Å². The number of hydrogen-bond acceptors (Lipinski definition) is 2. The lowest BCUT2D eigenvalue weighted by Gasteiger charge is -2.37. The molecular formula is C11H13BrOS. The number of hydrogen-bond donors (Lipinski definition) is 0. The molecule has 1 aliphatic heterocycles. The van der Waals surface area contributed by atoms with Gasteiger partial charge in [0, 0.05) is 20.5 Å². The van der Waals surface area contributed by atoms with E-state index in [4.69, 9.17) is 4.74 Å². The van der Waals surface area contributed by atoms with Crippen LogP contribution in [0.15, 0.2) is 33.6 Å². The van der Waals surface area contributed by atoms with E-state index < -0.39 is 0 Å². The second-order valence-corrected chi connectivity index (χ2v) is 6.01. The van der Waals surface area contributed by atoms with Crippen LogP contribution in [0.5, 0.6) is 0 Å². The van der Waals surface area contributed by atoms with Crippen molar-refractivity contribution in [3.8, 4) is 0 Å². The van der Waals surface area contributed by atoms with E-state index in [-0.39, 0.29) is 0 Å². The van der Waals surface area contributed by atoms with Crippen LogP contribution in [0, 0.1) is 5.41 Å². The largest absolute Gasteiger partial charge is 0.380 e.